The summed E-state index contributed by atoms with van der Waals surface area (Å²) in [5.41, 5.74) is 1.69. The molecule has 120 valence electrons. The molecule has 3 nitrogen and oxygen atoms in total. The smallest absolute Gasteiger partial charge is 0.339 e. The van der Waals surface area contributed by atoms with Crippen LogP contribution in [0.1, 0.15) is 27.9 Å². The van der Waals surface area contributed by atoms with E-state index in [1.54, 1.807) is 18.2 Å². The van der Waals surface area contributed by atoms with E-state index in [1.807, 2.05) is 32.3 Å². The predicted molar refractivity (Wildman–Crippen MR) is 86.8 cm³/mol. The molecule has 0 spiro atoms. The summed E-state index contributed by atoms with van der Waals surface area (Å²) in [6.45, 7) is 0.771. The first-order chi connectivity index (χ1) is 11.0. The second-order valence-electron chi connectivity index (χ2n) is 6.28. The van der Waals surface area contributed by atoms with E-state index in [0.717, 1.165) is 17.7 Å². The van der Waals surface area contributed by atoms with Gasteiger partial charge < -0.3 is 9.64 Å². The van der Waals surface area contributed by atoms with Crippen molar-refractivity contribution in [3.63, 3.8) is 0 Å². The number of rotatable bonds is 4. The van der Waals surface area contributed by atoms with Crippen molar-refractivity contribution in [3.05, 3.63) is 71.0 Å². The molecule has 0 radical (unpaired) electrons. The van der Waals surface area contributed by atoms with Crippen molar-refractivity contribution >= 4 is 5.97 Å². The number of cyclic esters (lactones) is 1. The molecule has 1 aliphatic heterocycles. The fourth-order valence-corrected chi connectivity index (χ4v) is 3.05. The van der Waals surface area contributed by atoms with E-state index in [-0.39, 0.29) is 11.8 Å². The zero-order valence-corrected chi connectivity index (χ0v) is 13.4. The van der Waals surface area contributed by atoms with E-state index in [1.165, 1.54) is 12.1 Å². The maximum Gasteiger partial charge on any atom is 0.339 e. The average molecular weight is 313 g/mol. The Balaban J connectivity index is 2.03. The topological polar surface area (TPSA) is 29.5 Å². The van der Waals surface area contributed by atoms with Gasteiger partial charge in [-0.2, -0.15) is 0 Å². The second kappa shape index (κ2) is 6.13. The minimum Gasteiger partial charge on any atom is -0.450 e. The second-order valence-corrected chi connectivity index (χ2v) is 6.28. The summed E-state index contributed by atoms with van der Waals surface area (Å²) < 4.78 is 19.2. The van der Waals surface area contributed by atoms with Crippen LogP contribution in [-0.2, 0) is 16.8 Å². The Morgan fingerprint density at radius 3 is 2.52 bits per heavy atom. The van der Waals surface area contributed by atoms with Gasteiger partial charge in [0.05, 0.1) is 5.56 Å². The lowest BCUT2D eigenvalue weighted by Crippen LogP contribution is -2.41. The summed E-state index contributed by atoms with van der Waals surface area (Å²) in [6, 6.07) is 13.8. The third-order valence-corrected chi connectivity index (χ3v) is 4.33. The van der Waals surface area contributed by atoms with Gasteiger partial charge in [0.15, 0.2) is 0 Å². The highest BCUT2D eigenvalue weighted by molar-refractivity contribution is 5.92. The molecule has 0 saturated carbocycles. The minimum absolute atomic E-state index is 0.293. The average Bonchev–Trinajstić information content (AvgIpc) is 2.53. The minimum atomic E-state index is -0.747. The highest BCUT2D eigenvalue weighted by Gasteiger charge is 2.41. The third kappa shape index (κ3) is 3.13. The highest BCUT2D eigenvalue weighted by atomic mass is 19.1. The maximum absolute atomic E-state index is 13.3. The zero-order chi connectivity index (χ0) is 16.4. The molecule has 0 fully saturated rings. The van der Waals surface area contributed by atoms with Crippen LogP contribution < -0.4 is 0 Å². The summed E-state index contributed by atoms with van der Waals surface area (Å²) in [5.74, 6) is -0.603. The van der Waals surface area contributed by atoms with Gasteiger partial charge in [-0.1, -0.05) is 30.3 Å². The molecule has 23 heavy (non-hydrogen) atoms. The van der Waals surface area contributed by atoms with E-state index in [0.29, 0.717) is 18.4 Å². The van der Waals surface area contributed by atoms with Crippen LogP contribution in [0.5, 0.6) is 0 Å². The summed E-state index contributed by atoms with van der Waals surface area (Å²) in [6.07, 6.45) is 1.26. The molecule has 1 heterocycles. The van der Waals surface area contributed by atoms with Crippen molar-refractivity contribution in [3.8, 4) is 0 Å². The van der Waals surface area contributed by atoms with E-state index >= 15 is 0 Å². The SMILES string of the molecule is CN(C)CCC1(c2ccc(F)cc2)Cc2ccccc2C(=O)O1. The Bertz CT molecular complexity index is 712. The zero-order valence-electron chi connectivity index (χ0n) is 13.4. The lowest BCUT2D eigenvalue weighted by molar-refractivity contribution is -0.0355. The molecule has 1 unspecified atom stereocenters. The van der Waals surface area contributed by atoms with Crippen molar-refractivity contribution in [1.82, 2.24) is 4.90 Å². The van der Waals surface area contributed by atoms with Crippen molar-refractivity contribution < 1.29 is 13.9 Å². The molecule has 0 amide bonds. The first kappa shape index (κ1) is 15.7. The van der Waals surface area contributed by atoms with Crippen LogP contribution in [-0.4, -0.2) is 31.5 Å². The van der Waals surface area contributed by atoms with Crippen LogP contribution in [0.4, 0.5) is 4.39 Å². The van der Waals surface area contributed by atoms with Gasteiger partial charge in [0.25, 0.3) is 0 Å². The molecule has 0 saturated heterocycles. The fourth-order valence-electron chi connectivity index (χ4n) is 3.05. The van der Waals surface area contributed by atoms with Gasteiger partial charge in [-0.05, 0) is 43.4 Å². The van der Waals surface area contributed by atoms with Crippen LogP contribution in [0, 0.1) is 5.82 Å². The van der Waals surface area contributed by atoms with Crippen molar-refractivity contribution in [2.45, 2.75) is 18.4 Å². The summed E-state index contributed by atoms with van der Waals surface area (Å²) in [7, 11) is 3.97. The van der Waals surface area contributed by atoms with Crippen LogP contribution in [0.15, 0.2) is 48.5 Å². The molecule has 1 atom stereocenters. The summed E-state index contributed by atoms with van der Waals surface area (Å²) in [4.78, 5) is 14.5. The molecular weight excluding hydrogens is 293 g/mol. The van der Waals surface area contributed by atoms with Gasteiger partial charge in [-0.25, -0.2) is 9.18 Å². The standard InChI is InChI=1S/C19H20FNO2/c1-21(2)12-11-19(15-7-9-16(20)10-8-15)13-14-5-3-4-6-17(14)18(22)23-19/h3-10H,11-13H2,1-2H3. The summed E-state index contributed by atoms with van der Waals surface area (Å²) in [5, 5.41) is 0. The largest absolute Gasteiger partial charge is 0.450 e. The van der Waals surface area contributed by atoms with E-state index in [9.17, 15) is 9.18 Å². The maximum atomic E-state index is 13.3. The van der Waals surface area contributed by atoms with Gasteiger partial charge in [0, 0.05) is 19.4 Å². The fraction of sp³-hybridized carbons (Fsp3) is 0.316. The number of ether oxygens (including phenoxy) is 1. The Labute approximate surface area is 135 Å². The molecule has 4 heteroatoms. The first-order valence-electron chi connectivity index (χ1n) is 7.72. The number of fused-ring (bicyclic) bond motifs is 1. The van der Waals surface area contributed by atoms with Gasteiger partial charge >= 0.3 is 5.97 Å². The van der Waals surface area contributed by atoms with Crippen LogP contribution in [0.3, 0.4) is 0 Å². The van der Waals surface area contributed by atoms with Crippen molar-refractivity contribution in [2.75, 3.05) is 20.6 Å². The van der Waals surface area contributed by atoms with Crippen molar-refractivity contribution in [1.29, 1.82) is 0 Å². The number of benzene rings is 2. The van der Waals surface area contributed by atoms with Crippen molar-refractivity contribution in [2.24, 2.45) is 0 Å². The van der Waals surface area contributed by atoms with Crippen LogP contribution in [0.25, 0.3) is 0 Å². The number of nitrogens with zero attached hydrogens (tertiary/aromatic N) is 1. The molecule has 1 aliphatic rings. The van der Waals surface area contributed by atoms with E-state index < -0.39 is 5.60 Å². The molecule has 2 aromatic carbocycles. The third-order valence-electron chi connectivity index (χ3n) is 4.33. The van der Waals surface area contributed by atoms with E-state index in [2.05, 4.69) is 4.90 Å². The molecule has 2 aromatic rings. The van der Waals surface area contributed by atoms with Crippen LogP contribution >= 0.6 is 0 Å². The van der Waals surface area contributed by atoms with Gasteiger partial charge in [0.1, 0.15) is 11.4 Å². The van der Waals surface area contributed by atoms with Crippen LogP contribution in [0.2, 0.25) is 0 Å². The molecule has 3 rings (SSSR count). The number of carbonyl (C=O) groups excluding carboxylic acids is 1. The van der Waals surface area contributed by atoms with E-state index in [4.69, 9.17) is 4.74 Å². The Morgan fingerprint density at radius 2 is 1.83 bits per heavy atom. The predicted octanol–water partition coefficient (Wildman–Crippen LogP) is 3.39. The monoisotopic (exact) mass is 313 g/mol. The number of esters is 1. The Hall–Kier alpha value is -2.20. The van der Waals surface area contributed by atoms with Gasteiger partial charge in [-0.3, -0.25) is 0 Å². The lowest BCUT2D eigenvalue weighted by atomic mass is 9.81. The number of carbonyl (C=O) groups is 1. The molecule has 0 aromatic heterocycles. The molecular formula is C19H20FNO2. The number of hydrogen-bond acceptors (Lipinski definition) is 3. The number of hydrogen-bond donors (Lipinski definition) is 0. The Morgan fingerprint density at radius 1 is 1.13 bits per heavy atom. The Kier molecular flexibility index (Phi) is 4.18. The molecule has 0 aliphatic carbocycles. The highest BCUT2D eigenvalue weighted by Crippen LogP contribution is 2.39. The number of halogens is 1. The normalized spacial score (nSPS) is 20.3. The molecule has 0 N–H and O–H groups in total. The first-order valence-corrected chi connectivity index (χ1v) is 7.72. The van der Waals surface area contributed by atoms with Gasteiger partial charge in [-0.15, -0.1) is 0 Å². The quantitative estimate of drug-likeness (QED) is 0.810. The lowest BCUT2D eigenvalue weighted by Gasteiger charge is -2.38. The summed E-state index contributed by atoms with van der Waals surface area (Å²) >= 11 is 0. The van der Waals surface area contributed by atoms with Gasteiger partial charge in [0.2, 0.25) is 0 Å². The molecule has 0 bridgehead atoms.